The van der Waals surface area contributed by atoms with Gasteiger partial charge < -0.3 is 0 Å². The van der Waals surface area contributed by atoms with Gasteiger partial charge in [-0.3, -0.25) is 9.69 Å². The first kappa shape index (κ1) is 16.4. The third-order valence-electron chi connectivity index (χ3n) is 4.65. The van der Waals surface area contributed by atoms with Crippen molar-refractivity contribution in [2.75, 3.05) is 14.1 Å². The first-order chi connectivity index (χ1) is 9.95. The molecule has 1 aromatic rings. The van der Waals surface area contributed by atoms with Crippen LogP contribution in [-0.4, -0.2) is 30.3 Å². The molecule has 1 aliphatic carbocycles. The molecule has 0 spiro atoms. The molecule has 1 saturated carbocycles. The van der Waals surface area contributed by atoms with Gasteiger partial charge >= 0.3 is 0 Å². The molecule has 2 nitrogen and oxygen atoms in total. The van der Waals surface area contributed by atoms with Crippen LogP contribution in [0.25, 0.3) is 0 Å². The zero-order valence-electron chi connectivity index (χ0n) is 12.8. The Labute approximate surface area is 131 Å². The third kappa shape index (κ3) is 3.64. The molecule has 0 atom stereocenters. The van der Waals surface area contributed by atoms with Crippen molar-refractivity contribution in [1.29, 1.82) is 0 Å². The fourth-order valence-corrected chi connectivity index (χ4v) is 3.49. The molecule has 0 radical (unpaired) electrons. The second-order valence-corrected chi connectivity index (χ2v) is 6.60. The summed E-state index contributed by atoms with van der Waals surface area (Å²) >= 11 is 5.81. The van der Waals surface area contributed by atoms with Crippen LogP contribution in [0.5, 0.6) is 0 Å². The molecule has 116 valence electrons. The number of hydrogen-bond donors (Lipinski definition) is 0. The Kier molecular flexibility index (Phi) is 5.39. The smallest absolute Gasteiger partial charge is 0.157 e. The van der Waals surface area contributed by atoms with Crippen LogP contribution in [0.15, 0.2) is 18.2 Å². The molecular weight excluding hydrogens is 289 g/mol. The lowest BCUT2D eigenvalue weighted by Crippen LogP contribution is -2.51. The van der Waals surface area contributed by atoms with Crippen LogP contribution in [-0.2, 0) is 11.2 Å². The van der Waals surface area contributed by atoms with Gasteiger partial charge in [-0.2, -0.15) is 0 Å². The van der Waals surface area contributed by atoms with E-state index in [0.29, 0.717) is 6.42 Å². The number of carbonyl (C=O) groups is 1. The number of likely N-dealkylation sites (N-methyl/N-ethyl adjacent to an activating group) is 1. The van der Waals surface area contributed by atoms with Crippen LogP contribution in [0, 0.1) is 5.82 Å². The van der Waals surface area contributed by atoms with Crippen LogP contribution >= 0.6 is 11.6 Å². The van der Waals surface area contributed by atoms with Gasteiger partial charge in [-0.1, -0.05) is 43.4 Å². The number of benzene rings is 1. The Morgan fingerprint density at radius 3 is 2.38 bits per heavy atom. The highest BCUT2D eigenvalue weighted by atomic mass is 35.5. The molecule has 0 N–H and O–H groups in total. The van der Waals surface area contributed by atoms with Crippen molar-refractivity contribution in [1.82, 2.24) is 4.90 Å². The summed E-state index contributed by atoms with van der Waals surface area (Å²) in [6.07, 6.45) is 6.72. The molecule has 0 saturated heterocycles. The zero-order chi connectivity index (χ0) is 15.5. The maximum Gasteiger partial charge on any atom is 0.157 e. The summed E-state index contributed by atoms with van der Waals surface area (Å²) in [6.45, 7) is 0. The van der Waals surface area contributed by atoms with E-state index in [-0.39, 0.29) is 16.3 Å². The van der Waals surface area contributed by atoms with Gasteiger partial charge in [-0.15, -0.1) is 0 Å². The molecule has 1 aliphatic rings. The third-order valence-corrected chi connectivity index (χ3v) is 4.94. The molecule has 1 aromatic carbocycles. The first-order valence-electron chi connectivity index (χ1n) is 7.60. The van der Waals surface area contributed by atoms with E-state index in [0.717, 1.165) is 31.2 Å². The summed E-state index contributed by atoms with van der Waals surface area (Å²) in [4.78, 5) is 15.0. The topological polar surface area (TPSA) is 20.3 Å². The molecule has 1 fully saturated rings. The molecule has 4 heteroatoms. The summed E-state index contributed by atoms with van der Waals surface area (Å²) in [6, 6.07) is 4.55. The van der Waals surface area contributed by atoms with Crippen LogP contribution in [0.4, 0.5) is 4.39 Å². The van der Waals surface area contributed by atoms with Gasteiger partial charge in [-0.05, 0) is 44.6 Å². The molecule has 0 heterocycles. The predicted octanol–water partition coefficient (Wildman–Crippen LogP) is 4.25. The minimum absolute atomic E-state index is 0.0834. The lowest BCUT2D eigenvalue weighted by atomic mass is 9.82. The minimum Gasteiger partial charge on any atom is -0.297 e. The van der Waals surface area contributed by atoms with Crippen molar-refractivity contribution in [2.24, 2.45) is 0 Å². The van der Waals surface area contributed by atoms with Gasteiger partial charge in [0.25, 0.3) is 0 Å². The molecule has 0 amide bonds. The minimum atomic E-state index is -0.440. The molecule has 2 rings (SSSR count). The van der Waals surface area contributed by atoms with Crippen LogP contribution in [0.1, 0.15) is 44.1 Å². The van der Waals surface area contributed by atoms with Crippen molar-refractivity contribution in [2.45, 2.75) is 50.5 Å². The van der Waals surface area contributed by atoms with Crippen molar-refractivity contribution in [3.63, 3.8) is 0 Å². The van der Waals surface area contributed by atoms with Crippen molar-refractivity contribution in [3.05, 3.63) is 34.6 Å². The second-order valence-electron chi connectivity index (χ2n) is 6.19. The van der Waals surface area contributed by atoms with E-state index >= 15 is 0 Å². The molecule has 0 aromatic heterocycles. The lowest BCUT2D eigenvalue weighted by Gasteiger charge is -2.38. The Balaban J connectivity index is 2.20. The predicted molar refractivity (Wildman–Crippen MR) is 84.2 cm³/mol. The van der Waals surface area contributed by atoms with Gasteiger partial charge in [0, 0.05) is 6.42 Å². The summed E-state index contributed by atoms with van der Waals surface area (Å²) in [5, 5.41) is 0.0834. The monoisotopic (exact) mass is 311 g/mol. The number of ketones is 1. The zero-order valence-corrected chi connectivity index (χ0v) is 13.5. The summed E-state index contributed by atoms with van der Waals surface area (Å²) in [5.74, 6) is -0.221. The SMILES string of the molecule is CN(C)C1(C(=O)Cc2ccc(F)c(Cl)c2)CCCCCC1. The average molecular weight is 312 g/mol. The fourth-order valence-electron chi connectivity index (χ4n) is 3.29. The maximum absolute atomic E-state index is 13.2. The highest BCUT2D eigenvalue weighted by Crippen LogP contribution is 2.33. The number of rotatable bonds is 4. The number of carbonyl (C=O) groups excluding carboxylic acids is 1. The number of nitrogens with zero attached hydrogens (tertiary/aromatic N) is 1. The van der Waals surface area contributed by atoms with Gasteiger partial charge in [-0.25, -0.2) is 4.39 Å². The number of hydrogen-bond acceptors (Lipinski definition) is 2. The van der Waals surface area contributed by atoms with Crippen molar-refractivity contribution in [3.8, 4) is 0 Å². The summed E-state index contributed by atoms with van der Waals surface area (Å²) < 4.78 is 13.2. The van der Waals surface area contributed by atoms with Crippen molar-refractivity contribution >= 4 is 17.4 Å². The Hall–Kier alpha value is -0.930. The highest BCUT2D eigenvalue weighted by Gasteiger charge is 2.39. The van der Waals surface area contributed by atoms with Crippen molar-refractivity contribution < 1.29 is 9.18 Å². The van der Waals surface area contributed by atoms with Crippen LogP contribution < -0.4 is 0 Å². The standard InChI is InChI=1S/C17H23ClFNO/c1-20(2)17(9-5-3-4-6-10-17)16(21)12-13-7-8-15(19)14(18)11-13/h7-8,11H,3-6,9-10,12H2,1-2H3. The van der Waals surface area contributed by atoms with Crippen LogP contribution in [0.2, 0.25) is 5.02 Å². The molecule has 0 bridgehead atoms. The quantitative estimate of drug-likeness (QED) is 0.775. The van der Waals surface area contributed by atoms with E-state index in [2.05, 4.69) is 4.90 Å². The highest BCUT2D eigenvalue weighted by molar-refractivity contribution is 6.30. The molecular formula is C17H23ClFNO. The lowest BCUT2D eigenvalue weighted by molar-refractivity contribution is -0.130. The van der Waals surface area contributed by atoms with E-state index in [1.165, 1.54) is 18.9 Å². The second kappa shape index (κ2) is 6.89. The van der Waals surface area contributed by atoms with Gasteiger partial charge in [0.15, 0.2) is 5.78 Å². The van der Waals surface area contributed by atoms with Gasteiger partial charge in [0.05, 0.1) is 10.6 Å². The Morgan fingerprint density at radius 1 is 1.24 bits per heavy atom. The molecule has 0 aliphatic heterocycles. The number of Topliss-reactive ketones (excluding diaryl/α,β-unsaturated/α-hetero) is 1. The Bertz CT molecular complexity index is 508. The van der Waals surface area contributed by atoms with E-state index in [4.69, 9.17) is 11.6 Å². The van der Waals surface area contributed by atoms with E-state index in [9.17, 15) is 9.18 Å². The van der Waals surface area contributed by atoms with Gasteiger partial charge in [0.1, 0.15) is 5.82 Å². The molecule has 21 heavy (non-hydrogen) atoms. The van der Waals surface area contributed by atoms with Crippen LogP contribution in [0.3, 0.4) is 0 Å². The summed E-state index contributed by atoms with van der Waals surface area (Å²) in [7, 11) is 3.97. The van der Waals surface area contributed by atoms with E-state index in [1.54, 1.807) is 12.1 Å². The average Bonchev–Trinajstić information content (AvgIpc) is 2.69. The largest absolute Gasteiger partial charge is 0.297 e. The normalized spacial score (nSPS) is 18.5. The summed E-state index contributed by atoms with van der Waals surface area (Å²) in [5.41, 5.74) is 0.411. The van der Waals surface area contributed by atoms with E-state index < -0.39 is 5.82 Å². The maximum atomic E-state index is 13.2. The first-order valence-corrected chi connectivity index (χ1v) is 7.98. The Morgan fingerprint density at radius 2 is 1.86 bits per heavy atom. The van der Waals surface area contributed by atoms with E-state index in [1.807, 2.05) is 14.1 Å². The van der Waals surface area contributed by atoms with Gasteiger partial charge in [0.2, 0.25) is 0 Å². The number of halogens is 2. The fraction of sp³-hybridized carbons (Fsp3) is 0.588. The molecule has 0 unspecified atom stereocenters.